The van der Waals surface area contributed by atoms with Crippen molar-refractivity contribution in [1.29, 1.82) is 0 Å². The number of nitrogens with zero attached hydrogens (tertiary/aromatic N) is 1. The van der Waals surface area contributed by atoms with Gasteiger partial charge >= 0.3 is 0 Å². The van der Waals surface area contributed by atoms with Crippen molar-refractivity contribution in [2.75, 3.05) is 11.3 Å². The van der Waals surface area contributed by atoms with Crippen LogP contribution in [0.3, 0.4) is 0 Å². The number of aliphatic hydroxyl groups is 1. The lowest BCUT2D eigenvalue weighted by atomic mass is 10.1. The summed E-state index contributed by atoms with van der Waals surface area (Å²) in [6.07, 6.45) is 2.92. The number of aryl methyl sites for hydroxylation is 1. The molecule has 0 saturated carbocycles. The van der Waals surface area contributed by atoms with E-state index in [1.165, 1.54) is 6.20 Å². The van der Waals surface area contributed by atoms with Gasteiger partial charge in [0, 0.05) is 12.8 Å². The summed E-state index contributed by atoms with van der Waals surface area (Å²) in [4.78, 5) is 4.12. The molecule has 106 valence electrons. The third kappa shape index (κ3) is 3.79. The quantitative estimate of drug-likeness (QED) is 0.851. The Bertz CT molecular complexity index is 640. The van der Waals surface area contributed by atoms with Crippen LogP contribution in [0.4, 0.5) is 5.82 Å². The Morgan fingerprint density at radius 1 is 1.10 bits per heavy atom. The van der Waals surface area contributed by atoms with Crippen LogP contribution < -0.4 is 4.72 Å². The van der Waals surface area contributed by atoms with Gasteiger partial charge in [0.2, 0.25) is 0 Å². The van der Waals surface area contributed by atoms with Gasteiger partial charge in [-0.2, -0.15) is 0 Å². The third-order valence-corrected chi connectivity index (χ3v) is 4.13. The summed E-state index contributed by atoms with van der Waals surface area (Å²) in [6, 6.07) is 11.6. The Balaban J connectivity index is 2.13. The molecule has 0 fully saturated rings. The number of hydrogen-bond acceptors (Lipinski definition) is 4. The maximum atomic E-state index is 12.1. The third-order valence-electron chi connectivity index (χ3n) is 2.76. The van der Waals surface area contributed by atoms with Crippen molar-refractivity contribution in [3.63, 3.8) is 0 Å². The highest BCUT2D eigenvalue weighted by molar-refractivity contribution is 7.92. The minimum atomic E-state index is -3.61. The van der Waals surface area contributed by atoms with Crippen LogP contribution in [-0.2, 0) is 16.4 Å². The first-order valence-corrected chi connectivity index (χ1v) is 7.74. The average molecular weight is 292 g/mol. The van der Waals surface area contributed by atoms with Crippen LogP contribution in [0.25, 0.3) is 0 Å². The molecule has 0 radical (unpaired) electrons. The predicted octanol–water partition coefficient (Wildman–Crippen LogP) is 1.81. The van der Waals surface area contributed by atoms with Gasteiger partial charge in [0.1, 0.15) is 5.82 Å². The molecule has 0 aliphatic carbocycles. The van der Waals surface area contributed by atoms with Gasteiger partial charge in [0.05, 0.1) is 4.90 Å². The van der Waals surface area contributed by atoms with Gasteiger partial charge < -0.3 is 5.11 Å². The Morgan fingerprint density at radius 3 is 2.45 bits per heavy atom. The first-order chi connectivity index (χ1) is 9.62. The Morgan fingerprint density at radius 2 is 1.85 bits per heavy atom. The molecule has 1 aromatic heterocycles. The van der Waals surface area contributed by atoms with Crippen molar-refractivity contribution in [3.8, 4) is 0 Å². The molecular formula is C14H16N2O3S. The van der Waals surface area contributed by atoms with E-state index in [9.17, 15) is 8.42 Å². The van der Waals surface area contributed by atoms with Gasteiger partial charge in [-0.3, -0.25) is 4.72 Å². The monoisotopic (exact) mass is 292 g/mol. The summed E-state index contributed by atoms with van der Waals surface area (Å²) in [5.41, 5.74) is 0.996. The number of nitrogens with one attached hydrogen (secondary N) is 1. The van der Waals surface area contributed by atoms with Crippen molar-refractivity contribution < 1.29 is 13.5 Å². The largest absolute Gasteiger partial charge is 0.396 e. The van der Waals surface area contributed by atoms with E-state index in [-0.39, 0.29) is 17.3 Å². The lowest BCUT2D eigenvalue weighted by Crippen LogP contribution is -2.13. The van der Waals surface area contributed by atoms with Crippen LogP contribution in [0, 0.1) is 0 Å². The Hall–Kier alpha value is -1.92. The summed E-state index contributed by atoms with van der Waals surface area (Å²) < 4.78 is 26.7. The summed E-state index contributed by atoms with van der Waals surface area (Å²) in [5, 5.41) is 8.76. The van der Waals surface area contributed by atoms with E-state index in [1.807, 2.05) is 0 Å². The summed E-state index contributed by atoms with van der Waals surface area (Å²) in [7, 11) is -3.61. The zero-order valence-electron chi connectivity index (χ0n) is 10.9. The number of pyridine rings is 1. The van der Waals surface area contributed by atoms with Crippen molar-refractivity contribution in [3.05, 3.63) is 54.2 Å². The highest BCUT2D eigenvalue weighted by atomic mass is 32.2. The van der Waals surface area contributed by atoms with Crippen LogP contribution in [0.1, 0.15) is 12.0 Å². The van der Waals surface area contributed by atoms with Crippen LogP contribution >= 0.6 is 0 Å². The molecule has 1 aromatic carbocycles. The molecule has 6 heteroatoms. The topological polar surface area (TPSA) is 79.3 Å². The summed E-state index contributed by atoms with van der Waals surface area (Å²) in [5.74, 6) is 0.289. The molecule has 0 bridgehead atoms. The maximum Gasteiger partial charge on any atom is 0.263 e. The molecule has 1 heterocycles. The van der Waals surface area contributed by atoms with Gasteiger partial charge in [-0.1, -0.05) is 18.2 Å². The van der Waals surface area contributed by atoms with Crippen LogP contribution in [-0.4, -0.2) is 25.1 Å². The molecule has 0 saturated heterocycles. The Labute approximate surface area is 118 Å². The number of rotatable bonds is 6. The molecule has 0 amide bonds. The maximum absolute atomic E-state index is 12.1. The van der Waals surface area contributed by atoms with Crippen LogP contribution in [0.5, 0.6) is 0 Å². The number of aromatic nitrogens is 1. The molecule has 2 rings (SSSR count). The summed E-state index contributed by atoms with van der Waals surface area (Å²) in [6.45, 7) is 0.126. The molecule has 0 atom stereocenters. The molecule has 2 N–H and O–H groups in total. The van der Waals surface area contributed by atoms with E-state index in [4.69, 9.17) is 5.11 Å². The normalized spacial score (nSPS) is 11.2. The van der Waals surface area contributed by atoms with E-state index < -0.39 is 10.0 Å². The fourth-order valence-corrected chi connectivity index (χ4v) is 2.75. The molecule has 0 unspecified atom stereocenters. The van der Waals surface area contributed by atoms with Gasteiger partial charge in [0.25, 0.3) is 10.0 Å². The SMILES string of the molecule is O=S(=O)(Nc1ccccn1)c1ccc(CCCO)cc1. The highest BCUT2D eigenvalue weighted by Crippen LogP contribution is 2.15. The summed E-state index contributed by atoms with van der Waals surface area (Å²) >= 11 is 0. The Kier molecular flexibility index (Phi) is 4.70. The van der Waals surface area contributed by atoms with E-state index in [2.05, 4.69) is 9.71 Å². The van der Waals surface area contributed by atoms with Gasteiger partial charge in [0.15, 0.2) is 0 Å². The zero-order chi connectivity index (χ0) is 14.4. The number of benzene rings is 1. The van der Waals surface area contributed by atoms with Crippen LogP contribution in [0.2, 0.25) is 0 Å². The lowest BCUT2D eigenvalue weighted by molar-refractivity contribution is 0.288. The van der Waals surface area contributed by atoms with E-state index >= 15 is 0 Å². The van der Waals surface area contributed by atoms with Gasteiger partial charge in [-0.25, -0.2) is 13.4 Å². The smallest absolute Gasteiger partial charge is 0.263 e. The average Bonchev–Trinajstić information content (AvgIpc) is 2.46. The number of sulfonamides is 1. The molecule has 0 spiro atoms. The van der Waals surface area contributed by atoms with Crippen LogP contribution in [0.15, 0.2) is 53.6 Å². The first kappa shape index (κ1) is 14.5. The molecule has 0 aliphatic heterocycles. The molecular weight excluding hydrogens is 276 g/mol. The van der Waals surface area contributed by atoms with Crippen molar-refractivity contribution in [1.82, 2.24) is 4.98 Å². The first-order valence-electron chi connectivity index (χ1n) is 6.25. The molecule has 0 aliphatic rings. The highest BCUT2D eigenvalue weighted by Gasteiger charge is 2.14. The standard InChI is InChI=1S/C14H16N2O3S/c17-11-3-4-12-6-8-13(9-7-12)20(18,19)16-14-5-1-2-10-15-14/h1-2,5-10,17H,3-4,11H2,(H,15,16). The minimum Gasteiger partial charge on any atom is -0.396 e. The molecule has 5 nitrogen and oxygen atoms in total. The van der Waals surface area contributed by atoms with Crippen molar-refractivity contribution >= 4 is 15.8 Å². The van der Waals surface area contributed by atoms with Gasteiger partial charge in [-0.05, 0) is 42.7 Å². The number of aliphatic hydroxyl groups excluding tert-OH is 1. The number of anilines is 1. The predicted molar refractivity (Wildman–Crippen MR) is 76.9 cm³/mol. The number of hydrogen-bond donors (Lipinski definition) is 2. The second kappa shape index (κ2) is 6.49. The van der Waals surface area contributed by atoms with Crippen molar-refractivity contribution in [2.24, 2.45) is 0 Å². The van der Waals surface area contributed by atoms with Crippen molar-refractivity contribution in [2.45, 2.75) is 17.7 Å². The van der Waals surface area contributed by atoms with E-state index in [1.54, 1.807) is 42.5 Å². The molecule has 20 heavy (non-hydrogen) atoms. The van der Waals surface area contributed by atoms with E-state index in [0.29, 0.717) is 6.42 Å². The van der Waals surface area contributed by atoms with Gasteiger partial charge in [-0.15, -0.1) is 0 Å². The molecule has 2 aromatic rings. The van der Waals surface area contributed by atoms with E-state index in [0.717, 1.165) is 12.0 Å². The second-order valence-electron chi connectivity index (χ2n) is 4.29. The lowest BCUT2D eigenvalue weighted by Gasteiger charge is -2.07. The zero-order valence-corrected chi connectivity index (χ0v) is 11.7. The minimum absolute atomic E-state index is 0.126. The fourth-order valence-electron chi connectivity index (χ4n) is 1.74. The fraction of sp³-hybridized carbons (Fsp3) is 0.214. The second-order valence-corrected chi connectivity index (χ2v) is 5.97.